The number of hydrogen-bond donors (Lipinski definition) is 3. The van der Waals surface area contributed by atoms with Gasteiger partial charge in [-0.1, -0.05) is 12.1 Å². The molecular weight excluding hydrogens is 358 g/mol. The van der Waals surface area contributed by atoms with Crippen molar-refractivity contribution >= 4 is 24.2 Å². The van der Waals surface area contributed by atoms with Gasteiger partial charge in [0.15, 0.2) is 6.61 Å². The average molecular weight is 384 g/mol. The monoisotopic (exact) mass is 383 g/mol. The van der Waals surface area contributed by atoms with Crippen molar-refractivity contribution in [3.8, 4) is 5.75 Å². The second-order valence-electron chi connectivity index (χ2n) is 6.38. The zero-order valence-corrected chi connectivity index (χ0v) is 15.5. The van der Waals surface area contributed by atoms with Crippen LogP contribution in [0.15, 0.2) is 24.3 Å². The van der Waals surface area contributed by atoms with Crippen molar-refractivity contribution in [1.29, 1.82) is 0 Å². The standard InChI is InChI=1S/C18H25N3O4.ClH/c22-17(21-14-3-4-14)12-25-15-5-1-13(2-6-15)7-8-20-18(23)16-11-19-9-10-24-16;/h1-2,5-6,14,16,19H,3-4,7-12H2,(H,20,23)(H,21,22);1H. The Bertz CT molecular complexity index is 587. The summed E-state index contributed by atoms with van der Waals surface area (Å²) < 4.78 is 10.9. The van der Waals surface area contributed by atoms with Gasteiger partial charge in [0.25, 0.3) is 5.91 Å². The highest BCUT2D eigenvalue weighted by atomic mass is 35.5. The Balaban J connectivity index is 0.00000243. The molecule has 1 aliphatic heterocycles. The van der Waals surface area contributed by atoms with Crippen molar-refractivity contribution in [3.05, 3.63) is 29.8 Å². The van der Waals surface area contributed by atoms with Crippen molar-refractivity contribution in [1.82, 2.24) is 16.0 Å². The second-order valence-corrected chi connectivity index (χ2v) is 6.38. The molecule has 2 amide bonds. The first-order valence-electron chi connectivity index (χ1n) is 8.82. The van der Waals surface area contributed by atoms with Gasteiger partial charge < -0.3 is 25.4 Å². The first-order chi connectivity index (χ1) is 12.2. The molecule has 1 atom stereocenters. The van der Waals surface area contributed by atoms with E-state index >= 15 is 0 Å². The fourth-order valence-electron chi connectivity index (χ4n) is 2.58. The Hall–Kier alpha value is -1.83. The van der Waals surface area contributed by atoms with E-state index in [2.05, 4.69) is 16.0 Å². The van der Waals surface area contributed by atoms with Crippen LogP contribution in [0.5, 0.6) is 5.75 Å². The first-order valence-corrected chi connectivity index (χ1v) is 8.82. The molecule has 1 heterocycles. The van der Waals surface area contributed by atoms with E-state index in [-0.39, 0.29) is 30.8 Å². The lowest BCUT2D eigenvalue weighted by molar-refractivity contribution is -0.134. The highest BCUT2D eigenvalue weighted by molar-refractivity contribution is 5.85. The predicted octanol–water partition coefficient (Wildman–Crippen LogP) is 0.413. The average Bonchev–Trinajstić information content (AvgIpc) is 3.45. The summed E-state index contributed by atoms with van der Waals surface area (Å²) in [6.07, 6.45) is 2.47. The highest BCUT2D eigenvalue weighted by Crippen LogP contribution is 2.18. The van der Waals surface area contributed by atoms with Gasteiger partial charge in [-0.2, -0.15) is 0 Å². The normalized spacial score (nSPS) is 19.2. The molecule has 0 radical (unpaired) electrons. The van der Waals surface area contributed by atoms with Gasteiger partial charge in [0.05, 0.1) is 6.61 Å². The summed E-state index contributed by atoms with van der Waals surface area (Å²) in [6, 6.07) is 7.92. The van der Waals surface area contributed by atoms with Gasteiger partial charge in [-0.3, -0.25) is 9.59 Å². The van der Waals surface area contributed by atoms with Crippen LogP contribution in [0, 0.1) is 0 Å². The van der Waals surface area contributed by atoms with E-state index < -0.39 is 6.10 Å². The molecule has 0 aromatic heterocycles. The molecule has 144 valence electrons. The molecule has 3 N–H and O–H groups in total. The van der Waals surface area contributed by atoms with E-state index in [1.165, 1.54) is 0 Å². The molecule has 26 heavy (non-hydrogen) atoms. The van der Waals surface area contributed by atoms with E-state index in [0.29, 0.717) is 31.5 Å². The molecule has 1 aromatic rings. The molecule has 1 aliphatic carbocycles. The number of nitrogens with one attached hydrogen (secondary N) is 3. The topological polar surface area (TPSA) is 88.7 Å². The van der Waals surface area contributed by atoms with E-state index in [0.717, 1.165) is 31.4 Å². The maximum atomic E-state index is 11.9. The van der Waals surface area contributed by atoms with Crippen molar-refractivity contribution < 1.29 is 19.1 Å². The molecule has 2 fully saturated rings. The Kier molecular flexibility index (Phi) is 8.15. The third-order valence-corrected chi connectivity index (χ3v) is 4.17. The SMILES string of the molecule is Cl.O=C(COc1ccc(CCNC(=O)C2CNCCO2)cc1)NC1CC1. The summed E-state index contributed by atoms with van der Waals surface area (Å²) in [5, 5.41) is 8.91. The number of benzene rings is 1. The minimum atomic E-state index is -0.397. The Morgan fingerprint density at radius 3 is 2.65 bits per heavy atom. The zero-order chi connectivity index (χ0) is 17.5. The molecule has 3 rings (SSSR count). The van der Waals surface area contributed by atoms with Gasteiger partial charge in [-0.15, -0.1) is 12.4 Å². The van der Waals surface area contributed by atoms with Crippen LogP contribution in [-0.4, -0.2) is 56.8 Å². The Morgan fingerprint density at radius 2 is 2.00 bits per heavy atom. The summed E-state index contributed by atoms with van der Waals surface area (Å²) in [5.41, 5.74) is 1.10. The second kappa shape index (κ2) is 10.4. The third kappa shape index (κ3) is 6.82. The highest BCUT2D eigenvalue weighted by Gasteiger charge is 2.23. The summed E-state index contributed by atoms with van der Waals surface area (Å²) in [7, 11) is 0. The van der Waals surface area contributed by atoms with E-state index in [1.807, 2.05) is 24.3 Å². The van der Waals surface area contributed by atoms with Gasteiger partial charge >= 0.3 is 0 Å². The van der Waals surface area contributed by atoms with Crippen LogP contribution in [-0.2, 0) is 20.7 Å². The Morgan fingerprint density at radius 1 is 1.23 bits per heavy atom. The van der Waals surface area contributed by atoms with Crippen molar-refractivity contribution in [2.45, 2.75) is 31.4 Å². The first kappa shape index (κ1) is 20.5. The number of carbonyl (C=O) groups excluding carboxylic acids is 2. The van der Waals surface area contributed by atoms with Crippen LogP contribution in [0.1, 0.15) is 18.4 Å². The number of amides is 2. The third-order valence-electron chi connectivity index (χ3n) is 4.17. The minimum absolute atomic E-state index is 0. The van der Waals surface area contributed by atoms with Crippen LogP contribution >= 0.6 is 12.4 Å². The number of carbonyl (C=O) groups is 2. The number of morpholine rings is 1. The molecule has 2 aliphatic rings. The molecule has 0 bridgehead atoms. The number of ether oxygens (including phenoxy) is 2. The summed E-state index contributed by atoms with van der Waals surface area (Å²) in [4.78, 5) is 23.5. The summed E-state index contributed by atoms with van der Waals surface area (Å²) in [6.45, 7) is 2.52. The van der Waals surface area contributed by atoms with Gasteiger partial charge in [0, 0.05) is 25.7 Å². The van der Waals surface area contributed by atoms with E-state index in [9.17, 15) is 9.59 Å². The molecule has 1 unspecified atom stereocenters. The molecule has 7 nitrogen and oxygen atoms in total. The van der Waals surface area contributed by atoms with Crippen LogP contribution in [0.3, 0.4) is 0 Å². The lowest BCUT2D eigenvalue weighted by atomic mass is 10.1. The van der Waals surface area contributed by atoms with Gasteiger partial charge in [0.2, 0.25) is 5.91 Å². The fraction of sp³-hybridized carbons (Fsp3) is 0.556. The van der Waals surface area contributed by atoms with E-state index in [4.69, 9.17) is 9.47 Å². The number of halogens is 1. The smallest absolute Gasteiger partial charge is 0.258 e. The van der Waals surface area contributed by atoms with Crippen molar-refractivity contribution in [2.24, 2.45) is 0 Å². The van der Waals surface area contributed by atoms with Crippen LogP contribution in [0.2, 0.25) is 0 Å². The zero-order valence-electron chi connectivity index (χ0n) is 14.7. The quantitative estimate of drug-likeness (QED) is 0.605. The van der Waals surface area contributed by atoms with Crippen LogP contribution in [0.4, 0.5) is 0 Å². The largest absolute Gasteiger partial charge is 0.484 e. The van der Waals surface area contributed by atoms with Crippen LogP contribution in [0.25, 0.3) is 0 Å². The fourth-order valence-corrected chi connectivity index (χ4v) is 2.58. The lowest BCUT2D eigenvalue weighted by Gasteiger charge is -2.22. The molecule has 1 saturated carbocycles. The molecule has 0 spiro atoms. The van der Waals surface area contributed by atoms with Crippen molar-refractivity contribution in [2.75, 3.05) is 32.8 Å². The van der Waals surface area contributed by atoms with Crippen molar-refractivity contribution in [3.63, 3.8) is 0 Å². The maximum absolute atomic E-state index is 11.9. The van der Waals surface area contributed by atoms with Crippen LogP contribution < -0.4 is 20.7 Å². The van der Waals surface area contributed by atoms with Gasteiger partial charge in [-0.05, 0) is 37.0 Å². The molecule has 1 saturated heterocycles. The van der Waals surface area contributed by atoms with E-state index in [1.54, 1.807) is 0 Å². The lowest BCUT2D eigenvalue weighted by Crippen LogP contribution is -2.48. The summed E-state index contributed by atoms with van der Waals surface area (Å²) >= 11 is 0. The Labute approximate surface area is 159 Å². The predicted molar refractivity (Wildman–Crippen MR) is 99.7 cm³/mol. The molecule has 1 aromatic carbocycles. The number of rotatable bonds is 8. The minimum Gasteiger partial charge on any atom is -0.484 e. The number of hydrogen-bond acceptors (Lipinski definition) is 5. The summed E-state index contributed by atoms with van der Waals surface area (Å²) in [5.74, 6) is 0.517. The molecule has 8 heteroatoms. The maximum Gasteiger partial charge on any atom is 0.258 e. The van der Waals surface area contributed by atoms with Gasteiger partial charge in [-0.25, -0.2) is 0 Å². The van der Waals surface area contributed by atoms with Gasteiger partial charge in [0.1, 0.15) is 11.9 Å². The molecular formula is C18H26ClN3O4.